The number of aliphatic hydroxyl groups is 3. The maximum absolute atomic E-state index is 10.1. The van der Waals surface area contributed by atoms with Gasteiger partial charge >= 0.3 is 0 Å². The molecule has 9 heteroatoms. The molecule has 1 aromatic rings. The van der Waals surface area contributed by atoms with Crippen molar-refractivity contribution in [2.45, 2.75) is 30.7 Å². The van der Waals surface area contributed by atoms with E-state index in [4.69, 9.17) is 9.84 Å². The minimum atomic E-state index is -1.14. The van der Waals surface area contributed by atoms with Gasteiger partial charge in [-0.25, -0.2) is 9.98 Å². The molecule has 0 aliphatic carbocycles. The first-order valence-electron chi connectivity index (χ1n) is 6.73. The molecule has 0 amide bonds. The highest BCUT2D eigenvalue weighted by molar-refractivity contribution is 5.66. The SMILES string of the molecule is OCC1OC(n2cnc3c2N=CN2C=C[NH2+]C32)C(O)C1O. The van der Waals surface area contributed by atoms with E-state index in [0.29, 0.717) is 5.82 Å². The summed E-state index contributed by atoms with van der Waals surface area (Å²) in [5, 5.41) is 31.1. The summed E-state index contributed by atoms with van der Waals surface area (Å²) in [5.41, 5.74) is 0.764. The molecule has 0 bridgehead atoms. The summed E-state index contributed by atoms with van der Waals surface area (Å²) < 4.78 is 7.11. The lowest BCUT2D eigenvalue weighted by Gasteiger charge is -2.22. The van der Waals surface area contributed by atoms with Crippen molar-refractivity contribution in [2.24, 2.45) is 4.99 Å². The fourth-order valence-corrected chi connectivity index (χ4v) is 2.92. The molecule has 4 heterocycles. The van der Waals surface area contributed by atoms with E-state index in [-0.39, 0.29) is 12.8 Å². The van der Waals surface area contributed by atoms with E-state index in [0.717, 1.165) is 5.69 Å². The Morgan fingerprint density at radius 3 is 2.95 bits per heavy atom. The second kappa shape index (κ2) is 4.61. The number of fused-ring (bicyclic) bond motifs is 3. The number of nitrogens with two attached hydrogens (primary N) is 1. The molecular weight excluding hydrogens is 278 g/mol. The number of aliphatic imine (C=N–C) groups is 1. The van der Waals surface area contributed by atoms with E-state index in [1.807, 2.05) is 22.6 Å². The van der Waals surface area contributed by atoms with Gasteiger partial charge in [-0.15, -0.1) is 0 Å². The molecule has 1 saturated heterocycles. The maximum atomic E-state index is 10.1. The number of aromatic nitrogens is 2. The fraction of sp³-hybridized carbons (Fsp3) is 0.500. The molecule has 1 aromatic heterocycles. The van der Waals surface area contributed by atoms with Crippen LogP contribution in [-0.2, 0) is 4.74 Å². The average Bonchev–Trinajstić information content (AvgIpc) is 3.17. The van der Waals surface area contributed by atoms with Gasteiger partial charge in [-0.3, -0.25) is 14.8 Å². The Hall–Kier alpha value is -1.78. The number of nitrogens with zero attached hydrogens (tertiary/aromatic N) is 4. The van der Waals surface area contributed by atoms with Gasteiger partial charge in [0.25, 0.3) is 0 Å². The lowest BCUT2D eigenvalue weighted by molar-refractivity contribution is -0.638. The van der Waals surface area contributed by atoms with E-state index in [1.165, 1.54) is 6.33 Å². The Morgan fingerprint density at radius 2 is 2.19 bits per heavy atom. The predicted octanol–water partition coefficient (Wildman–Crippen LogP) is -2.48. The van der Waals surface area contributed by atoms with Crippen LogP contribution in [0.2, 0.25) is 0 Å². The lowest BCUT2D eigenvalue weighted by atomic mass is 10.1. The molecule has 5 unspecified atom stereocenters. The first kappa shape index (κ1) is 12.9. The summed E-state index contributed by atoms with van der Waals surface area (Å²) in [6.45, 7) is -0.358. The van der Waals surface area contributed by atoms with Crippen molar-refractivity contribution in [3.8, 4) is 0 Å². The minimum absolute atomic E-state index is 0.00384. The van der Waals surface area contributed by atoms with Crippen LogP contribution in [0.5, 0.6) is 0 Å². The third-order valence-electron chi connectivity index (χ3n) is 4.05. The van der Waals surface area contributed by atoms with Crippen LogP contribution in [0.1, 0.15) is 18.1 Å². The lowest BCUT2D eigenvalue weighted by Crippen LogP contribution is -2.79. The number of ether oxygens (including phenoxy) is 1. The maximum Gasteiger partial charge on any atom is 0.218 e. The van der Waals surface area contributed by atoms with Crippen LogP contribution in [0.25, 0.3) is 0 Å². The summed E-state index contributed by atoms with van der Waals surface area (Å²) >= 11 is 0. The van der Waals surface area contributed by atoms with E-state index < -0.39 is 24.5 Å². The third kappa shape index (κ3) is 1.76. The molecule has 0 aromatic carbocycles. The van der Waals surface area contributed by atoms with Crippen LogP contribution in [0, 0.1) is 0 Å². The first-order chi connectivity index (χ1) is 10.2. The van der Waals surface area contributed by atoms with Gasteiger partial charge in [-0.1, -0.05) is 0 Å². The van der Waals surface area contributed by atoms with Crippen LogP contribution >= 0.6 is 0 Å². The smallest absolute Gasteiger partial charge is 0.218 e. The highest BCUT2D eigenvalue weighted by Crippen LogP contribution is 2.37. The zero-order valence-electron chi connectivity index (χ0n) is 11.0. The van der Waals surface area contributed by atoms with E-state index >= 15 is 0 Å². The Morgan fingerprint density at radius 1 is 1.33 bits per heavy atom. The summed E-state index contributed by atoms with van der Waals surface area (Å²) in [7, 11) is 0. The Kier molecular flexibility index (Phi) is 2.84. The highest BCUT2D eigenvalue weighted by Gasteiger charge is 2.45. The van der Waals surface area contributed by atoms with Gasteiger partial charge in [-0.2, -0.15) is 0 Å². The van der Waals surface area contributed by atoms with Gasteiger partial charge in [0.1, 0.15) is 30.9 Å². The zero-order chi connectivity index (χ0) is 14.6. The van der Waals surface area contributed by atoms with Gasteiger partial charge in [0, 0.05) is 0 Å². The molecule has 3 aliphatic rings. The molecule has 0 spiro atoms. The average molecular weight is 294 g/mol. The molecule has 9 nitrogen and oxygen atoms in total. The number of quaternary nitrogens is 1. The Balaban J connectivity index is 1.69. The van der Waals surface area contributed by atoms with Crippen molar-refractivity contribution in [3.63, 3.8) is 0 Å². The number of hydrogen-bond donors (Lipinski definition) is 4. The second-order valence-corrected chi connectivity index (χ2v) is 5.26. The zero-order valence-corrected chi connectivity index (χ0v) is 11.0. The molecular formula is C12H16N5O4+. The van der Waals surface area contributed by atoms with Gasteiger partial charge in [0.2, 0.25) is 6.17 Å². The summed E-state index contributed by atoms with van der Waals surface area (Å²) in [5.74, 6) is 0.589. The number of aliphatic hydroxyl groups excluding tert-OH is 3. The summed E-state index contributed by atoms with van der Waals surface area (Å²) in [6, 6.07) is 0. The quantitative estimate of drug-likeness (QED) is 0.479. The number of imidazole rings is 1. The molecule has 21 heavy (non-hydrogen) atoms. The van der Waals surface area contributed by atoms with Gasteiger partial charge < -0.3 is 20.1 Å². The van der Waals surface area contributed by atoms with Gasteiger partial charge in [-0.05, 0) is 0 Å². The van der Waals surface area contributed by atoms with Crippen molar-refractivity contribution in [1.29, 1.82) is 0 Å². The topological polar surface area (TPSA) is 120 Å². The van der Waals surface area contributed by atoms with E-state index in [9.17, 15) is 10.2 Å². The fourth-order valence-electron chi connectivity index (χ4n) is 2.92. The van der Waals surface area contributed by atoms with Crippen molar-refractivity contribution in [1.82, 2.24) is 14.5 Å². The van der Waals surface area contributed by atoms with Crippen LogP contribution < -0.4 is 5.32 Å². The molecule has 4 rings (SSSR count). The number of rotatable bonds is 2. The summed E-state index contributed by atoms with van der Waals surface area (Å²) in [4.78, 5) is 10.6. The number of hydrogen-bond acceptors (Lipinski definition) is 7. The summed E-state index contributed by atoms with van der Waals surface area (Å²) in [6.07, 6.45) is 3.15. The van der Waals surface area contributed by atoms with Crippen molar-refractivity contribution >= 4 is 12.2 Å². The molecule has 3 aliphatic heterocycles. The minimum Gasteiger partial charge on any atom is -0.394 e. The largest absolute Gasteiger partial charge is 0.394 e. The molecule has 0 radical (unpaired) electrons. The van der Waals surface area contributed by atoms with Gasteiger partial charge in [0.15, 0.2) is 17.7 Å². The first-order valence-corrected chi connectivity index (χ1v) is 6.73. The highest BCUT2D eigenvalue weighted by atomic mass is 16.6. The van der Waals surface area contributed by atoms with Crippen molar-refractivity contribution in [2.75, 3.05) is 6.61 Å². The predicted molar refractivity (Wildman–Crippen MR) is 69.0 cm³/mol. The monoisotopic (exact) mass is 294 g/mol. The third-order valence-corrected chi connectivity index (χ3v) is 4.05. The molecule has 112 valence electrons. The van der Waals surface area contributed by atoms with Crippen LogP contribution in [0.3, 0.4) is 0 Å². The Bertz CT molecular complexity index is 615. The molecule has 5 N–H and O–H groups in total. The Labute approximate surface area is 119 Å². The molecule has 5 atom stereocenters. The standard InChI is InChI=1S/C12H15N5O4/c18-3-6-8(19)9(20)12(21-6)17-5-14-7-10-13-1-2-16(10)4-15-11(7)17/h1-2,4-6,8-10,12-13,18-20H,3H2/p+1. The second-order valence-electron chi connectivity index (χ2n) is 5.26. The van der Waals surface area contributed by atoms with Crippen LogP contribution in [-0.4, -0.2) is 61.0 Å². The van der Waals surface area contributed by atoms with Gasteiger partial charge in [0.05, 0.1) is 19.1 Å². The van der Waals surface area contributed by atoms with Crippen molar-refractivity contribution < 1.29 is 25.4 Å². The normalized spacial score (nSPS) is 37.1. The van der Waals surface area contributed by atoms with Crippen LogP contribution in [0.15, 0.2) is 23.7 Å². The van der Waals surface area contributed by atoms with Crippen LogP contribution in [0.4, 0.5) is 5.82 Å². The molecule has 0 saturated carbocycles. The van der Waals surface area contributed by atoms with E-state index in [1.54, 1.807) is 10.9 Å². The molecule has 1 fully saturated rings. The van der Waals surface area contributed by atoms with Crippen molar-refractivity contribution in [3.05, 3.63) is 24.4 Å². The van der Waals surface area contributed by atoms with E-state index in [2.05, 4.69) is 9.98 Å².